The summed E-state index contributed by atoms with van der Waals surface area (Å²) in [6.07, 6.45) is 4.17. The molecule has 0 atom stereocenters. The van der Waals surface area contributed by atoms with Crippen LogP contribution < -0.4 is 4.84 Å². The van der Waals surface area contributed by atoms with Crippen LogP contribution in [0.1, 0.15) is 13.3 Å². The van der Waals surface area contributed by atoms with Crippen molar-refractivity contribution in [2.75, 3.05) is 13.6 Å². The highest BCUT2D eigenvalue weighted by Gasteiger charge is 2.16. The van der Waals surface area contributed by atoms with E-state index in [0.717, 1.165) is 23.5 Å². The second-order valence-electron chi connectivity index (χ2n) is 3.09. The van der Waals surface area contributed by atoms with Gasteiger partial charge in [-0.15, -0.1) is 0 Å². The zero-order valence-corrected chi connectivity index (χ0v) is 10.3. The Hall–Kier alpha value is -1.42. The van der Waals surface area contributed by atoms with Gasteiger partial charge in [0.1, 0.15) is 11.4 Å². The molecule has 86 valence electrons. The third kappa shape index (κ3) is 2.58. The van der Waals surface area contributed by atoms with E-state index in [2.05, 4.69) is 26.4 Å². The number of halogens is 1. The number of nitrogens with zero attached hydrogens (tertiary/aromatic N) is 3. The van der Waals surface area contributed by atoms with Crippen molar-refractivity contribution < 1.29 is 0 Å². The molecule has 1 heterocycles. The predicted octanol–water partition coefficient (Wildman–Crippen LogP) is 2.13. The van der Waals surface area contributed by atoms with E-state index in [4.69, 9.17) is 11.8 Å². The van der Waals surface area contributed by atoms with Crippen LogP contribution in [0.2, 0.25) is 0 Å². The summed E-state index contributed by atoms with van der Waals surface area (Å²) in [6.45, 7) is 6.25. The Kier molecular flexibility index (Phi) is 4.92. The van der Waals surface area contributed by atoms with Crippen LogP contribution in [0.3, 0.4) is 0 Å². The number of hydrogen-bond acceptors (Lipinski definition) is 4. The molecule has 1 aliphatic heterocycles. The van der Waals surface area contributed by atoms with Crippen molar-refractivity contribution in [1.82, 2.24) is 4.84 Å². The molecule has 5 heteroatoms. The summed E-state index contributed by atoms with van der Waals surface area (Å²) in [5, 5.41) is 0. The molecular weight excluding hydrogens is 224 g/mol. The number of rotatable bonds is 3. The summed E-state index contributed by atoms with van der Waals surface area (Å²) in [4.78, 5) is 15.5. The van der Waals surface area contributed by atoms with Gasteiger partial charge in [0.05, 0.1) is 18.0 Å². The van der Waals surface area contributed by atoms with Gasteiger partial charge in [-0.1, -0.05) is 13.5 Å². The lowest BCUT2D eigenvalue weighted by Gasteiger charge is -2.09. The summed E-state index contributed by atoms with van der Waals surface area (Å²) in [7, 11) is 1.71. The first-order chi connectivity index (χ1) is 7.78. The predicted molar refractivity (Wildman–Crippen MR) is 70.7 cm³/mol. The summed E-state index contributed by atoms with van der Waals surface area (Å²) < 4.78 is 0. The fourth-order valence-corrected chi connectivity index (χ4v) is 1.63. The van der Waals surface area contributed by atoms with E-state index >= 15 is 0 Å². The van der Waals surface area contributed by atoms with E-state index in [0.29, 0.717) is 12.3 Å². The Morgan fingerprint density at radius 3 is 3.00 bits per heavy atom. The first-order valence-electron chi connectivity index (χ1n) is 5.05. The first kappa shape index (κ1) is 12.6. The lowest BCUT2D eigenvalue weighted by molar-refractivity contribution is 0.986. The molecule has 1 N–H and O–H groups in total. The van der Waals surface area contributed by atoms with E-state index in [9.17, 15) is 0 Å². The molecule has 0 bridgehead atoms. The summed E-state index contributed by atoms with van der Waals surface area (Å²) in [6, 6.07) is 0. The maximum absolute atomic E-state index is 5.67. The van der Waals surface area contributed by atoms with Crippen molar-refractivity contribution >= 4 is 29.4 Å². The van der Waals surface area contributed by atoms with Gasteiger partial charge in [-0.3, -0.25) is 15.0 Å². The molecule has 0 amide bonds. The monoisotopic (exact) mass is 238 g/mol. The zero-order valence-electron chi connectivity index (χ0n) is 9.50. The largest absolute Gasteiger partial charge is 0.300 e. The lowest BCUT2D eigenvalue weighted by Crippen LogP contribution is -2.17. The van der Waals surface area contributed by atoms with Gasteiger partial charge >= 0.3 is 0 Å². The summed E-state index contributed by atoms with van der Waals surface area (Å²) in [5.41, 5.74) is 3.02. The van der Waals surface area contributed by atoms with Crippen molar-refractivity contribution in [3.8, 4) is 0 Å². The Balaban J connectivity index is 3.32. The lowest BCUT2D eigenvalue weighted by atomic mass is 10.1. The van der Waals surface area contributed by atoms with Gasteiger partial charge < -0.3 is 4.84 Å². The van der Waals surface area contributed by atoms with Crippen LogP contribution >= 0.6 is 11.8 Å². The number of hydrogen-bond donors (Lipinski definition) is 1. The van der Waals surface area contributed by atoms with Crippen molar-refractivity contribution in [3.63, 3.8) is 0 Å². The van der Waals surface area contributed by atoms with E-state index in [1.165, 1.54) is 0 Å². The third-order valence-electron chi connectivity index (χ3n) is 2.20. The van der Waals surface area contributed by atoms with Gasteiger partial charge in [0.2, 0.25) is 0 Å². The fourth-order valence-electron chi connectivity index (χ4n) is 1.41. The quantitative estimate of drug-likeness (QED) is 0.753. The molecule has 16 heavy (non-hydrogen) atoms. The van der Waals surface area contributed by atoms with Crippen LogP contribution in [0.4, 0.5) is 0 Å². The highest BCUT2D eigenvalue weighted by molar-refractivity contribution is 6.52. The molecule has 0 aromatic rings. The van der Waals surface area contributed by atoms with Gasteiger partial charge in [0.25, 0.3) is 0 Å². The van der Waals surface area contributed by atoms with Crippen LogP contribution in [-0.4, -0.2) is 31.2 Å². The Bertz CT molecular complexity index is 385. The van der Waals surface area contributed by atoms with E-state index in [-0.39, 0.29) is 0 Å². The summed E-state index contributed by atoms with van der Waals surface area (Å²) in [5.74, 6) is 0. The highest BCUT2D eigenvalue weighted by atomic mass is 35.5. The normalized spacial score (nSPS) is 21.4. The second kappa shape index (κ2) is 6.23. The molecule has 0 saturated carbocycles. The molecular formula is C11H15ClN4. The highest BCUT2D eigenvalue weighted by Crippen LogP contribution is 2.13. The number of nitrogens with one attached hydrogen (secondary N) is 1. The first-order valence-corrected chi connectivity index (χ1v) is 5.43. The average molecular weight is 239 g/mol. The van der Waals surface area contributed by atoms with E-state index in [1.807, 2.05) is 6.92 Å². The Labute approximate surface area is 101 Å². The Morgan fingerprint density at radius 1 is 1.75 bits per heavy atom. The fraction of sp³-hybridized carbons (Fsp3) is 0.364. The molecule has 4 nitrogen and oxygen atoms in total. The van der Waals surface area contributed by atoms with E-state index < -0.39 is 0 Å². The standard InChI is InChI=1S/C11H15ClN4/c1-4-8-10(13-3)11(9(5-2)16-12)15-7-6-14-8/h4,7,16H,1,5-6H2,2-3H3/b11-9-,13-10?. The average Bonchev–Trinajstić information content (AvgIpc) is 2.52. The minimum Gasteiger partial charge on any atom is -0.300 e. The van der Waals surface area contributed by atoms with E-state index in [1.54, 1.807) is 19.3 Å². The van der Waals surface area contributed by atoms with Crippen molar-refractivity contribution in [2.45, 2.75) is 13.3 Å². The number of aliphatic imine (C=N–C) groups is 3. The SMILES string of the molecule is C=CC1=NCC=N/C(=C(/CC)NCl)C1=NC. The molecule has 0 aliphatic carbocycles. The maximum Gasteiger partial charge on any atom is 0.110 e. The Morgan fingerprint density at radius 2 is 2.50 bits per heavy atom. The minimum absolute atomic E-state index is 0.531. The smallest absolute Gasteiger partial charge is 0.110 e. The van der Waals surface area contributed by atoms with Crippen LogP contribution in [0.15, 0.2) is 39.0 Å². The third-order valence-corrected chi connectivity index (χ3v) is 2.43. The molecule has 0 saturated heterocycles. The zero-order chi connectivity index (χ0) is 12.0. The maximum atomic E-state index is 5.67. The van der Waals surface area contributed by atoms with Gasteiger partial charge in [0.15, 0.2) is 0 Å². The summed E-state index contributed by atoms with van der Waals surface area (Å²) >= 11 is 5.67. The molecule has 0 radical (unpaired) electrons. The molecule has 0 fully saturated rings. The van der Waals surface area contributed by atoms with Gasteiger partial charge in [-0.2, -0.15) is 0 Å². The topological polar surface area (TPSA) is 49.1 Å². The molecule has 0 aromatic heterocycles. The van der Waals surface area contributed by atoms with Crippen LogP contribution in [0.25, 0.3) is 0 Å². The molecule has 1 aliphatic rings. The number of allylic oxidation sites excluding steroid dienone is 3. The molecule has 0 spiro atoms. The van der Waals surface area contributed by atoms with Crippen molar-refractivity contribution in [1.29, 1.82) is 0 Å². The van der Waals surface area contributed by atoms with Gasteiger partial charge in [-0.05, 0) is 12.5 Å². The van der Waals surface area contributed by atoms with Crippen molar-refractivity contribution in [3.05, 3.63) is 24.0 Å². The molecule has 0 unspecified atom stereocenters. The van der Waals surface area contributed by atoms with Crippen molar-refractivity contribution in [2.24, 2.45) is 15.0 Å². The molecule has 1 rings (SSSR count). The molecule has 0 aromatic carbocycles. The van der Waals surface area contributed by atoms with Crippen LogP contribution in [0.5, 0.6) is 0 Å². The second-order valence-corrected chi connectivity index (χ2v) is 3.28. The van der Waals surface area contributed by atoms with Gasteiger partial charge in [0, 0.05) is 25.0 Å². The van der Waals surface area contributed by atoms with Gasteiger partial charge in [-0.25, -0.2) is 0 Å². The van der Waals surface area contributed by atoms with Crippen LogP contribution in [-0.2, 0) is 0 Å². The van der Waals surface area contributed by atoms with Crippen LogP contribution in [0, 0.1) is 0 Å². The minimum atomic E-state index is 0.531.